The summed E-state index contributed by atoms with van der Waals surface area (Å²) in [5.74, 6) is -1.37. The van der Waals surface area contributed by atoms with E-state index in [0.717, 1.165) is 79.5 Å². The number of fused-ring (bicyclic) bond motifs is 1. The average Bonchev–Trinajstić information content (AvgIpc) is 3.09. The van der Waals surface area contributed by atoms with Crippen LogP contribution < -0.4 is 15.5 Å². The number of urea groups is 1. The first-order valence-electron chi connectivity index (χ1n) is 11.8. The quantitative estimate of drug-likeness (QED) is 0.280. The van der Waals surface area contributed by atoms with Gasteiger partial charge in [0.05, 0.1) is 16.9 Å². The first kappa shape index (κ1) is 26.2. The molecule has 2 aromatic carbocycles. The molecule has 0 saturated carbocycles. The number of nitrogens with zero attached hydrogens (tertiary/aromatic N) is 2. The van der Waals surface area contributed by atoms with Crippen LogP contribution in [0.1, 0.15) is 24.8 Å². The van der Waals surface area contributed by atoms with Crippen molar-refractivity contribution in [2.45, 2.75) is 25.4 Å². The van der Waals surface area contributed by atoms with E-state index in [1.807, 2.05) is 11.4 Å². The van der Waals surface area contributed by atoms with Crippen LogP contribution in [0.3, 0.4) is 0 Å². The predicted molar refractivity (Wildman–Crippen MR) is 133 cm³/mol. The highest BCUT2D eigenvalue weighted by atomic mass is 32.1. The zero-order valence-corrected chi connectivity index (χ0v) is 20.3. The van der Waals surface area contributed by atoms with Crippen LogP contribution in [0.2, 0.25) is 0 Å². The molecule has 3 aromatic rings. The number of anilines is 2. The van der Waals surface area contributed by atoms with Crippen molar-refractivity contribution >= 4 is 38.8 Å². The number of benzene rings is 2. The SMILES string of the molecule is O=C(NCCCCN1CCCN(c2csc3cc(F)ccc23)CC1)Nc1c(F)cccc1C(F)(F)F. The third-order valence-electron chi connectivity index (χ3n) is 6.19. The lowest BCUT2D eigenvalue weighted by Gasteiger charge is -2.23. The third-order valence-corrected chi connectivity index (χ3v) is 7.12. The second kappa shape index (κ2) is 11.4. The molecule has 1 aromatic heterocycles. The largest absolute Gasteiger partial charge is 0.418 e. The second-order valence-corrected chi connectivity index (χ2v) is 9.60. The maximum atomic E-state index is 13.9. The van der Waals surface area contributed by atoms with Gasteiger partial charge in [-0.15, -0.1) is 11.3 Å². The molecule has 1 aliphatic heterocycles. The standard InChI is InChI=1S/C25H27F5N4OS/c26-17-7-8-18-21(16-36-22(18)15-17)34-12-4-11-33(13-14-34)10-2-1-9-31-24(35)32-23-19(25(28,29)30)5-3-6-20(23)27/h3,5-8,15-16H,1-2,4,9-14H2,(H2,31,32,35). The van der Waals surface area contributed by atoms with Crippen LogP contribution in [0, 0.1) is 11.6 Å². The van der Waals surface area contributed by atoms with Gasteiger partial charge >= 0.3 is 12.2 Å². The molecule has 1 saturated heterocycles. The molecule has 194 valence electrons. The third kappa shape index (κ3) is 6.44. The predicted octanol–water partition coefficient (Wildman–Crippen LogP) is 6.31. The molecule has 0 atom stereocenters. The van der Waals surface area contributed by atoms with Crippen molar-refractivity contribution in [1.82, 2.24) is 10.2 Å². The molecular formula is C25H27F5N4OS. The highest BCUT2D eigenvalue weighted by Crippen LogP contribution is 2.36. The van der Waals surface area contributed by atoms with Crippen LogP contribution >= 0.6 is 11.3 Å². The number of hydrogen-bond acceptors (Lipinski definition) is 4. The summed E-state index contributed by atoms with van der Waals surface area (Å²) in [6.07, 6.45) is -2.35. The zero-order valence-electron chi connectivity index (χ0n) is 19.5. The van der Waals surface area contributed by atoms with Gasteiger partial charge in [-0.3, -0.25) is 0 Å². The first-order valence-corrected chi connectivity index (χ1v) is 12.6. The molecule has 1 aliphatic rings. The number of carbonyl (C=O) groups is 1. The van der Waals surface area contributed by atoms with Crippen LogP contribution in [-0.4, -0.2) is 50.2 Å². The fourth-order valence-corrected chi connectivity index (χ4v) is 5.37. The van der Waals surface area contributed by atoms with E-state index in [0.29, 0.717) is 6.42 Å². The highest BCUT2D eigenvalue weighted by Gasteiger charge is 2.35. The van der Waals surface area contributed by atoms with Crippen molar-refractivity contribution in [3.8, 4) is 0 Å². The Kier molecular flexibility index (Phi) is 8.30. The summed E-state index contributed by atoms with van der Waals surface area (Å²) >= 11 is 1.54. The molecule has 2 N–H and O–H groups in total. The summed E-state index contributed by atoms with van der Waals surface area (Å²) in [4.78, 5) is 16.7. The summed E-state index contributed by atoms with van der Waals surface area (Å²) in [6, 6.07) is 6.55. The molecule has 2 amide bonds. The van der Waals surface area contributed by atoms with Crippen LogP contribution in [0.4, 0.5) is 38.1 Å². The van der Waals surface area contributed by atoms with Crippen molar-refractivity contribution < 1.29 is 26.7 Å². The molecule has 0 bridgehead atoms. The fraction of sp³-hybridized carbons (Fsp3) is 0.400. The van der Waals surface area contributed by atoms with E-state index < -0.39 is 29.3 Å². The van der Waals surface area contributed by atoms with E-state index in [9.17, 15) is 26.7 Å². The Hall–Kier alpha value is -2.92. The maximum absolute atomic E-state index is 13.9. The number of carbonyl (C=O) groups excluding carboxylic acids is 1. The average molecular weight is 527 g/mol. The lowest BCUT2D eigenvalue weighted by molar-refractivity contribution is -0.137. The molecule has 0 unspecified atom stereocenters. The molecule has 11 heteroatoms. The van der Waals surface area contributed by atoms with Crippen molar-refractivity contribution in [3.63, 3.8) is 0 Å². The molecule has 1 fully saturated rings. The van der Waals surface area contributed by atoms with Gasteiger partial charge in [0.25, 0.3) is 0 Å². The van der Waals surface area contributed by atoms with Crippen molar-refractivity contribution in [2.75, 3.05) is 49.5 Å². The number of nitrogens with one attached hydrogen (secondary N) is 2. The van der Waals surface area contributed by atoms with E-state index in [1.54, 1.807) is 17.4 Å². The Bertz CT molecular complexity index is 1200. The van der Waals surface area contributed by atoms with Gasteiger partial charge in [0.15, 0.2) is 0 Å². The second-order valence-electron chi connectivity index (χ2n) is 8.69. The molecule has 0 spiro atoms. The highest BCUT2D eigenvalue weighted by molar-refractivity contribution is 7.17. The van der Waals surface area contributed by atoms with Gasteiger partial charge in [-0.1, -0.05) is 6.07 Å². The van der Waals surface area contributed by atoms with E-state index >= 15 is 0 Å². The van der Waals surface area contributed by atoms with Crippen LogP contribution in [0.25, 0.3) is 10.1 Å². The van der Waals surface area contributed by atoms with Gasteiger partial charge < -0.3 is 20.4 Å². The van der Waals surface area contributed by atoms with E-state index in [1.165, 1.54) is 6.07 Å². The number of rotatable bonds is 7. The number of unbranched alkanes of at least 4 members (excludes halogenated alkanes) is 1. The van der Waals surface area contributed by atoms with E-state index in [4.69, 9.17) is 0 Å². The lowest BCUT2D eigenvalue weighted by Crippen LogP contribution is -2.33. The molecule has 0 radical (unpaired) electrons. The van der Waals surface area contributed by atoms with Gasteiger partial charge in [0, 0.05) is 41.6 Å². The number of halogens is 5. The Labute approximate surface area is 209 Å². The van der Waals surface area contributed by atoms with Crippen molar-refractivity contribution in [2.24, 2.45) is 0 Å². The number of alkyl halides is 3. The summed E-state index contributed by atoms with van der Waals surface area (Å²) in [5, 5.41) is 7.63. The van der Waals surface area contributed by atoms with Gasteiger partial charge in [-0.25, -0.2) is 13.6 Å². The Balaban J connectivity index is 1.19. The molecule has 5 nitrogen and oxygen atoms in total. The molecule has 2 heterocycles. The minimum atomic E-state index is -4.78. The molecule has 4 rings (SSSR count). The van der Waals surface area contributed by atoms with Crippen molar-refractivity contribution in [1.29, 1.82) is 0 Å². The summed E-state index contributed by atoms with van der Waals surface area (Å²) in [7, 11) is 0. The normalized spacial score (nSPS) is 15.2. The van der Waals surface area contributed by atoms with E-state index in [2.05, 4.69) is 20.5 Å². The molecule has 36 heavy (non-hydrogen) atoms. The summed E-state index contributed by atoms with van der Waals surface area (Å²) in [6.45, 7) is 4.68. The zero-order chi connectivity index (χ0) is 25.7. The number of hydrogen-bond donors (Lipinski definition) is 2. The fourth-order valence-electron chi connectivity index (χ4n) is 4.38. The minimum absolute atomic E-state index is 0.233. The Morgan fingerprint density at radius 1 is 1.03 bits per heavy atom. The Morgan fingerprint density at radius 3 is 2.67 bits per heavy atom. The minimum Gasteiger partial charge on any atom is -0.369 e. The van der Waals surface area contributed by atoms with Gasteiger partial charge in [-0.2, -0.15) is 13.2 Å². The van der Waals surface area contributed by atoms with Gasteiger partial charge in [-0.05, 0) is 62.7 Å². The summed E-state index contributed by atoms with van der Waals surface area (Å²) in [5.41, 5.74) is -0.966. The van der Waals surface area contributed by atoms with Crippen LogP contribution in [-0.2, 0) is 6.18 Å². The van der Waals surface area contributed by atoms with Crippen LogP contribution in [0.15, 0.2) is 41.8 Å². The molecular weight excluding hydrogens is 499 g/mol. The topological polar surface area (TPSA) is 47.6 Å². The number of para-hydroxylation sites is 1. The first-order chi connectivity index (χ1) is 17.2. The van der Waals surface area contributed by atoms with Gasteiger partial charge in [0.2, 0.25) is 0 Å². The van der Waals surface area contributed by atoms with Crippen LogP contribution in [0.5, 0.6) is 0 Å². The van der Waals surface area contributed by atoms with Crippen molar-refractivity contribution in [3.05, 3.63) is 59.0 Å². The Morgan fingerprint density at radius 2 is 1.86 bits per heavy atom. The van der Waals surface area contributed by atoms with Gasteiger partial charge in [0.1, 0.15) is 11.6 Å². The number of amides is 2. The summed E-state index contributed by atoms with van der Waals surface area (Å²) < 4.78 is 67.5. The smallest absolute Gasteiger partial charge is 0.369 e. The number of thiophene rings is 1. The monoisotopic (exact) mass is 526 g/mol. The molecule has 0 aliphatic carbocycles. The lowest BCUT2D eigenvalue weighted by atomic mass is 10.1. The van der Waals surface area contributed by atoms with E-state index in [-0.39, 0.29) is 12.4 Å². The maximum Gasteiger partial charge on any atom is 0.418 e.